The SMILES string of the molecule is CCCC(CCC)C(=O)N(CCC)CCC. The van der Waals surface area contributed by atoms with Gasteiger partial charge in [0, 0.05) is 19.0 Å². The highest BCUT2D eigenvalue weighted by Crippen LogP contribution is 2.17. The van der Waals surface area contributed by atoms with E-state index in [0.29, 0.717) is 5.91 Å². The number of hydrogen-bond acceptors (Lipinski definition) is 1. The fourth-order valence-electron chi connectivity index (χ4n) is 2.22. The van der Waals surface area contributed by atoms with E-state index in [9.17, 15) is 4.79 Å². The van der Waals surface area contributed by atoms with Gasteiger partial charge in [-0.1, -0.05) is 40.5 Å². The van der Waals surface area contributed by atoms with Crippen molar-refractivity contribution >= 4 is 5.91 Å². The standard InChI is InChI=1S/C14H29NO/c1-5-9-13(10-6-2)14(16)15(11-7-3)12-8-4/h13H,5-12H2,1-4H3. The molecule has 2 heteroatoms. The van der Waals surface area contributed by atoms with Crippen LogP contribution in [0.2, 0.25) is 0 Å². The van der Waals surface area contributed by atoms with Gasteiger partial charge < -0.3 is 4.90 Å². The van der Waals surface area contributed by atoms with Crippen LogP contribution in [-0.4, -0.2) is 23.9 Å². The van der Waals surface area contributed by atoms with Gasteiger partial charge in [0.15, 0.2) is 0 Å². The molecule has 0 aliphatic carbocycles. The van der Waals surface area contributed by atoms with Crippen molar-refractivity contribution in [3.8, 4) is 0 Å². The van der Waals surface area contributed by atoms with Crippen molar-refractivity contribution in [3.05, 3.63) is 0 Å². The Labute approximate surface area is 101 Å². The Morgan fingerprint density at radius 2 is 1.31 bits per heavy atom. The molecule has 96 valence electrons. The smallest absolute Gasteiger partial charge is 0.225 e. The zero-order chi connectivity index (χ0) is 12.4. The van der Waals surface area contributed by atoms with E-state index in [2.05, 4.69) is 32.6 Å². The lowest BCUT2D eigenvalue weighted by Gasteiger charge is -2.26. The molecule has 0 aliphatic rings. The summed E-state index contributed by atoms with van der Waals surface area (Å²) in [5, 5.41) is 0. The van der Waals surface area contributed by atoms with E-state index < -0.39 is 0 Å². The Balaban J connectivity index is 4.38. The zero-order valence-corrected chi connectivity index (χ0v) is 11.6. The van der Waals surface area contributed by atoms with Crippen LogP contribution < -0.4 is 0 Å². The van der Waals surface area contributed by atoms with Crippen molar-refractivity contribution < 1.29 is 4.79 Å². The summed E-state index contributed by atoms with van der Waals surface area (Å²) in [7, 11) is 0. The predicted octanol–water partition coefficient (Wildman–Crippen LogP) is 3.85. The molecular formula is C14H29NO. The summed E-state index contributed by atoms with van der Waals surface area (Å²) < 4.78 is 0. The second-order valence-corrected chi connectivity index (χ2v) is 4.60. The largest absolute Gasteiger partial charge is 0.342 e. The minimum atomic E-state index is 0.271. The Morgan fingerprint density at radius 1 is 0.875 bits per heavy atom. The Morgan fingerprint density at radius 3 is 1.62 bits per heavy atom. The molecule has 2 nitrogen and oxygen atoms in total. The van der Waals surface area contributed by atoms with Crippen LogP contribution >= 0.6 is 0 Å². The molecule has 0 rings (SSSR count). The third-order valence-electron chi connectivity index (χ3n) is 2.92. The maximum atomic E-state index is 12.3. The molecule has 0 N–H and O–H groups in total. The minimum Gasteiger partial charge on any atom is -0.342 e. The van der Waals surface area contributed by atoms with Gasteiger partial charge in [-0.3, -0.25) is 4.79 Å². The van der Waals surface area contributed by atoms with Crippen LogP contribution in [0, 0.1) is 5.92 Å². The first-order valence-electron chi connectivity index (χ1n) is 6.99. The van der Waals surface area contributed by atoms with E-state index in [0.717, 1.165) is 51.6 Å². The van der Waals surface area contributed by atoms with Crippen LogP contribution in [0.15, 0.2) is 0 Å². The molecule has 0 spiro atoms. The molecule has 0 heterocycles. The summed E-state index contributed by atoms with van der Waals surface area (Å²) in [6.07, 6.45) is 6.46. The van der Waals surface area contributed by atoms with E-state index in [4.69, 9.17) is 0 Å². The molecule has 0 saturated carbocycles. The second kappa shape index (κ2) is 9.68. The number of nitrogens with zero attached hydrogens (tertiary/aromatic N) is 1. The highest BCUT2D eigenvalue weighted by Gasteiger charge is 2.21. The number of rotatable bonds is 9. The van der Waals surface area contributed by atoms with Gasteiger partial charge in [-0.2, -0.15) is 0 Å². The Hall–Kier alpha value is -0.530. The van der Waals surface area contributed by atoms with Crippen LogP contribution in [-0.2, 0) is 4.79 Å². The first kappa shape index (κ1) is 15.5. The van der Waals surface area contributed by atoms with E-state index in [1.165, 1.54) is 0 Å². The zero-order valence-electron chi connectivity index (χ0n) is 11.6. The minimum absolute atomic E-state index is 0.271. The summed E-state index contributed by atoms with van der Waals surface area (Å²) >= 11 is 0. The molecule has 0 unspecified atom stereocenters. The van der Waals surface area contributed by atoms with Crippen molar-refractivity contribution in [2.45, 2.75) is 66.2 Å². The molecule has 0 radical (unpaired) electrons. The summed E-state index contributed by atoms with van der Waals surface area (Å²) in [5.74, 6) is 0.667. The average molecular weight is 227 g/mol. The molecule has 0 aromatic carbocycles. The quantitative estimate of drug-likeness (QED) is 0.586. The fraction of sp³-hybridized carbons (Fsp3) is 0.929. The van der Waals surface area contributed by atoms with Gasteiger partial charge in [0.05, 0.1) is 0 Å². The lowest BCUT2D eigenvalue weighted by Crippen LogP contribution is -2.37. The molecule has 1 amide bonds. The Bertz CT molecular complexity index is 150. The van der Waals surface area contributed by atoms with Gasteiger partial charge >= 0.3 is 0 Å². The number of hydrogen-bond donors (Lipinski definition) is 0. The van der Waals surface area contributed by atoms with Crippen LogP contribution in [0.3, 0.4) is 0 Å². The van der Waals surface area contributed by atoms with Gasteiger partial charge in [0.1, 0.15) is 0 Å². The van der Waals surface area contributed by atoms with Crippen molar-refractivity contribution in [2.24, 2.45) is 5.92 Å². The van der Waals surface area contributed by atoms with E-state index in [1.807, 2.05) is 0 Å². The summed E-state index contributed by atoms with van der Waals surface area (Å²) in [4.78, 5) is 14.4. The molecule has 0 aromatic heterocycles. The van der Waals surface area contributed by atoms with Gasteiger partial charge in [-0.15, -0.1) is 0 Å². The molecule has 0 aromatic rings. The molecule has 0 fully saturated rings. The van der Waals surface area contributed by atoms with Crippen LogP contribution in [0.4, 0.5) is 0 Å². The Kier molecular flexibility index (Phi) is 9.36. The number of carbonyl (C=O) groups excluding carboxylic acids is 1. The van der Waals surface area contributed by atoms with Crippen LogP contribution in [0.1, 0.15) is 66.2 Å². The summed E-state index contributed by atoms with van der Waals surface area (Å²) in [5.41, 5.74) is 0. The van der Waals surface area contributed by atoms with Crippen LogP contribution in [0.5, 0.6) is 0 Å². The molecule has 0 atom stereocenters. The average Bonchev–Trinajstić information content (AvgIpc) is 2.27. The molecule has 0 saturated heterocycles. The van der Waals surface area contributed by atoms with Gasteiger partial charge in [0.2, 0.25) is 5.91 Å². The van der Waals surface area contributed by atoms with E-state index in [1.54, 1.807) is 0 Å². The maximum Gasteiger partial charge on any atom is 0.225 e. The molecule has 0 bridgehead atoms. The first-order chi connectivity index (χ1) is 7.71. The topological polar surface area (TPSA) is 20.3 Å². The lowest BCUT2D eigenvalue weighted by molar-refractivity contribution is -0.136. The van der Waals surface area contributed by atoms with Gasteiger partial charge in [-0.25, -0.2) is 0 Å². The van der Waals surface area contributed by atoms with Crippen molar-refractivity contribution in [2.75, 3.05) is 13.1 Å². The summed E-state index contributed by atoms with van der Waals surface area (Å²) in [6, 6.07) is 0. The van der Waals surface area contributed by atoms with E-state index in [-0.39, 0.29) is 5.92 Å². The van der Waals surface area contributed by atoms with Crippen molar-refractivity contribution in [1.29, 1.82) is 0 Å². The maximum absolute atomic E-state index is 12.3. The van der Waals surface area contributed by atoms with Gasteiger partial charge in [0.25, 0.3) is 0 Å². The van der Waals surface area contributed by atoms with E-state index >= 15 is 0 Å². The fourth-order valence-corrected chi connectivity index (χ4v) is 2.22. The van der Waals surface area contributed by atoms with Crippen molar-refractivity contribution in [1.82, 2.24) is 4.90 Å². The lowest BCUT2D eigenvalue weighted by atomic mass is 9.96. The third kappa shape index (κ3) is 5.53. The molecular weight excluding hydrogens is 198 g/mol. The highest BCUT2D eigenvalue weighted by molar-refractivity contribution is 5.78. The normalized spacial score (nSPS) is 10.8. The third-order valence-corrected chi connectivity index (χ3v) is 2.92. The summed E-state index contributed by atoms with van der Waals surface area (Å²) in [6.45, 7) is 10.5. The van der Waals surface area contributed by atoms with Gasteiger partial charge in [-0.05, 0) is 25.7 Å². The monoisotopic (exact) mass is 227 g/mol. The van der Waals surface area contributed by atoms with Crippen molar-refractivity contribution in [3.63, 3.8) is 0 Å². The molecule has 0 aliphatic heterocycles. The first-order valence-corrected chi connectivity index (χ1v) is 6.99. The number of amides is 1. The predicted molar refractivity (Wildman–Crippen MR) is 70.5 cm³/mol. The molecule has 16 heavy (non-hydrogen) atoms. The number of carbonyl (C=O) groups is 1. The van der Waals surface area contributed by atoms with Crippen LogP contribution in [0.25, 0.3) is 0 Å². The highest BCUT2D eigenvalue weighted by atomic mass is 16.2. The second-order valence-electron chi connectivity index (χ2n) is 4.60.